The minimum absolute atomic E-state index is 0.142. The van der Waals surface area contributed by atoms with Crippen molar-refractivity contribution >= 4 is 17.4 Å². The van der Waals surface area contributed by atoms with E-state index in [1.807, 2.05) is 39.2 Å². The fourth-order valence-corrected chi connectivity index (χ4v) is 1.65. The van der Waals surface area contributed by atoms with Crippen LogP contribution in [-0.2, 0) is 4.79 Å². The molecule has 0 saturated heterocycles. The number of carbonyl (C=O) groups excluding carboxylic acids is 1. The fourth-order valence-electron chi connectivity index (χ4n) is 1.65. The van der Waals surface area contributed by atoms with Gasteiger partial charge < -0.3 is 9.42 Å². The van der Waals surface area contributed by atoms with Crippen molar-refractivity contribution in [3.63, 3.8) is 0 Å². The fraction of sp³-hybridized carbons (Fsp3) is 0.333. The molecule has 0 aromatic carbocycles. The number of rotatable bonds is 7. The van der Waals surface area contributed by atoms with Crippen LogP contribution < -0.4 is 5.32 Å². The van der Waals surface area contributed by atoms with Gasteiger partial charge in [-0.15, -0.1) is 6.58 Å². The predicted molar refractivity (Wildman–Crippen MR) is 81.3 cm³/mol. The molecule has 1 rings (SSSR count). The Hall–Kier alpha value is -2.14. The summed E-state index contributed by atoms with van der Waals surface area (Å²) in [6.45, 7) is 5.91. The molecule has 1 aromatic heterocycles. The molecular weight excluding hydrogens is 254 g/mol. The normalized spacial score (nSPS) is 12.1. The third kappa shape index (κ3) is 4.85. The second-order valence-electron chi connectivity index (χ2n) is 4.54. The number of likely N-dealkylation sites (N-methyl/N-ethyl adjacent to an activating group) is 1. The number of anilines is 1. The SMILES string of the molecule is C=CC/C=C(\C=C/C)c1cnoc1NC(=O)CN(C)C. The topological polar surface area (TPSA) is 58.4 Å². The lowest BCUT2D eigenvalue weighted by Crippen LogP contribution is -2.27. The molecule has 1 heterocycles. The molecule has 0 radical (unpaired) electrons. The maximum Gasteiger partial charge on any atom is 0.240 e. The summed E-state index contributed by atoms with van der Waals surface area (Å²) >= 11 is 0. The number of nitrogens with one attached hydrogen (secondary N) is 1. The molecule has 0 aliphatic carbocycles. The van der Waals surface area contributed by atoms with Gasteiger partial charge in [0.15, 0.2) is 0 Å². The van der Waals surface area contributed by atoms with Gasteiger partial charge in [0.1, 0.15) is 0 Å². The summed E-state index contributed by atoms with van der Waals surface area (Å²) in [5.41, 5.74) is 1.70. The van der Waals surface area contributed by atoms with Crippen molar-refractivity contribution in [3.05, 3.63) is 42.6 Å². The van der Waals surface area contributed by atoms with Gasteiger partial charge in [0, 0.05) is 0 Å². The van der Waals surface area contributed by atoms with Crippen LogP contribution >= 0.6 is 0 Å². The Morgan fingerprint density at radius 3 is 2.90 bits per heavy atom. The summed E-state index contributed by atoms with van der Waals surface area (Å²) in [6.07, 6.45) is 10.0. The summed E-state index contributed by atoms with van der Waals surface area (Å²) in [5, 5.41) is 6.49. The molecule has 108 valence electrons. The van der Waals surface area contributed by atoms with E-state index >= 15 is 0 Å². The highest BCUT2D eigenvalue weighted by molar-refractivity contribution is 5.94. The lowest BCUT2D eigenvalue weighted by molar-refractivity contribution is -0.116. The van der Waals surface area contributed by atoms with Gasteiger partial charge in [-0.2, -0.15) is 0 Å². The molecule has 20 heavy (non-hydrogen) atoms. The molecule has 5 heteroatoms. The van der Waals surface area contributed by atoms with Crippen LogP contribution in [0.1, 0.15) is 18.9 Å². The van der Waals surface area contributed by atoms with Crippen LogP contribution in [0.3, 0.4) is 0 Å². The van der Waals surface area contributed by atoms with E-state index in [0.717, 1.165) is 17.6 Å². The molecular formula is C15H21N3O2. The van der Waals surface area contributed by atoms with Crippen molar-refractivity contribution in [1.29, 1.82) is 0 Å². The Bertz CT molecular complexity index is 513. The minimum Gasteiger partial charge on any atom is -0.338 e. The van der Waals surface area contributed by atoms with Crippen molar-refractivity contribution < 1.29 is 9.32 Å². The van der Waals surface area contributed by atoms with Crippen molar-refractivity contribution in [2.24, 2.45) is 0 Å². The molecule has 0 aliphatic rings. The van der Waals surface area contributed by atoms with Gasteiger partial charge in [0.2, 0.25) is 11.8 Å². The number of hydrogen-bond acceptors (Lipinski definition) is 4. The minimum atomic E-state index is -0.142. The van der Waals surface area contributed by atoms with Gasteiger partial charge in [-0.05, 0) is 33.0 Å². The second kappa shape index (κ2) is 8.12. The highest BCUT2D eigenvalue weighted by Crippen LogP contribution is 2.25. The lowest BCUT2D eigenvalue weighted by Gasteiger charge is -2.09. The van der Waals surface area contributed by atoms with Crippen molar-refractivity contribution in [2.75, 3.05) is 26.0 Å². The monoisotopic (exact) mass is 275 g/mol. The Labute approximate surface area is 119 Å². The zero-order valence-corrected chi connectivity index (χ0v) is 12.2. The van der Waals surface area contributed by atoms with Crippen LogP contribution in [0.5, 0.6) is 0 Å². The third-order valence-corrected chi connectivity index (χ3v) is 2.44. The molecule has 1 N–H and O–H groups in total. The van der Waals surface area contributed by atoms with Crippen LogP contribution in [-0.4, -0.2) is 36.6 Å². The highest BCUT2D eigenvalue weighted by atomic mass is 16.5. The summed E-state index contributed by atoms with van der Waals surface area (Å²) in [6, 6.07) is 0. The average molecular weight is 275 g/mol. The van der Waals surface area contributed by atoms with Gasteiger partial charge in [-0.3, -0.25) is 10.1 Å². The zero-order chi connectivity index (χ0) is 15.0. The summed E-state index contributed by atoms with van der Waals surface area (Å²) in [4.78, 5) is 13.6. The van der Waals surface area contributed by atoms with E-state index in [0.29, 0.717) is 5.88 Å². The first-order valence-electron chi connectivity index (χ1n) is 6.41. The molecule has 1 amide bonds. The van der Waals surface area contributed by atoms with E-state index < -0.39 is 0 Å². The van der Waals surface area contributed by atoms with E-state index in [2.05, 4.69) is 17.1 Å². The maximum absolute atomic E-state index is 11.8. The number of amides is 1. The molecule has 1 aromatic rings. The largest absolute Gasteiger partial charge is 0.338 e. The van der Waals surface area contributed by atoms with Gasteiger partial charge in [-0.25, -0.2) is 0 Å². The van der Waals surface area contributed by atoms with E-state index in [1.165, 1.54) is 0 Å². The first-order valence-corrected chi connectivity index (χ1v) is 6.41. The molecule has 0 atom stereocenters. The van der Waals surface area contributed by atoms with Crippen LogP contribution in [0.25, 0.3) is 5.57 Å². The maximum atomic E-state index is 11.8. The first-order chi connectivity index (χ1) is 9.58. The number of allylic oxidation sites excluding steroid dienone is 5. The third-order valence-electron chi connectivity index (χ3n) is 2.44. The Morgan fingerprint density at radius 2 is 2.30 bits per heavy atom. The van der Waals surface area contributed by atoms with Crippen LogP contribution in [0.4, 0.5) is 5.88 Å². The first kappa shape index (κ1) is 15.9. The standard InChI is InChI=1S/C15H21N3O2/c1-5-7-9-12(8-6-2)13-10-16-20-15(13)17-14(19)11-18(3)4/h5-6,8-10H,1,7,11H2,2-4H3,(H,17,19)/b8-6-,12-9+. The van der Waals surface area contributed by atoms with Crippen LogP contribution in [0.15, 0.2) is 41.6 Å². The molecule has 5 nitrogen and oxygen atoms in total. The predicted octanol–water partition coefficient (Wildman–Crippen LogP) is 2.71. The molecule has 0 fully saturated rings. The average Bonchev–Trinajstić information content (AvgIpc) is 2.81. The quantitative estimate of drug-likeness (QED) is 0.614. The summed E-state index contributed by atoms with van der Waals surface area (Å²) < 4.78 is 5.12. The van der Waals surface area contributed by atoms with Crippen LogP contribution in [0.2, 0.25) is 0 Å². The number of nitrogens with zero attached hydrogens (tertiary/aromatic N) is 2. The van der Waals surface area contributed by atoms with Crippen LogP contribution in [0, 0.1) is 0 Å². The summed E-state index contributed by atoms with van der Waals surface area (Å²) in [7, 11) is 3.66. The zero-order valence-electron chi connectivity index (χ0n) is 12.2. The summed E-state index contributed by atoms with van der Waals surface area (Å²) in [5.74, 6) is 0.224. The number of aromatic nitrogens is 1. The second-order valence-corrected chi connectivity index (χ2v) is 4.54. The number of carbonyl (C=O) groups is 1. The van der Waals surface area contributed by atoms with Gasteiger partial charge in [0.05, 0.1) is 18.3 Å². The van der Waals surface area contributed by atoms with Crippen molar-refractivity contribution in [3.8, 4) is 0 Å². The van der Waals surface area contributed by atoms with E-state index in [9.17, 15) is 4.79 Å². The molecule has 0 aliphatic heterocycles. The smallest absolute Gasteiger partial charge is 0.240 e. The molecule has 0 bridgehead atoms. The molecule has 0 spiro atoms. The van der Waals surface area contributed by atoms with Crippen molar-refractivity contribution in [1.82, 2.24) is 10.1 Å². The lowest BCUT2D eigenvalue weighted by atomic mass is 10.1. The van der Waals surface area contributed by atoms with Gasteiger partial charge >= 0.3 is 0 Å². The Kier molecular flexibility index (Phi) is 6.46. The molecule has 0 saturated carbocycles. The molecule has 0 unspecified atom stereocenters. The highest BCUT2D eigenvalue weighted by Gasteiger charge is 2.14. The number of hydrogen-bond donors (Lipinski definition) is 1. The van der Waals surface area contributed by atoms with E-state index in [-0.39, 0.29) is 12.5 Å². The van der Waals surface area contributed by atoms with E-state index in [1.54, 1.807) is 17.2 Å². The Morgan fingerprint density at radius 1 is 1.55 bits per heavy atom. The Balaban J connectivity index is 2.93. The van der Waals surface area contributed by atoms with Gasteiger partial charge in [0.25, 0.3) is 0 Å². The van der Waals surface area contributed by atoms with Crippen molar-refractivity contribution in [2.45, 2.75) is 13.3 Å². The van der Waals surface area contributed by atoms with Gasteiger partial charge in [-0.1, -0.05) is 29.5 Å². The van der Waals surface area contributed by atoms with E-state index in [4.69, 9.17) is 4.52 Å².